The highest BCUT2D eigenvalue weighted by molar-refractivity contribution is 5.94. The molecule has 2 aromatic carbocycles. The van der Waals surface area contributed by atoms with E-state index in [1.165, 1.54) is 17.2 Å². The number of anilines is 1. The molecule has 1 atom stereocenters. The number of hydrogen-bond donors (Lipinski definition) is 1. The molecule has 0 aromatic heterocycles. The predicted octanol–water partition coefficient (Wildman–Crippen LogP) is 3.46. The molecular weight excluding hydrogens is 318 g/mol. The minimum atomic E-state index is -0.473. The molecule has 0 saturated heterocycles. The largest absolute Gasteiger partial charge is 0.319 e. The third-order valence-electron chi connectivity index (χ3n) is 4.65. The second-order valence-corrected chi connectivity index (χ2v) is 6.49. The number of benzene rings is 2. The van der Waals surface area contributed by atoms with Crippen molar-refractivity contribution in [2.24, 2.45) is 0 Å². The first-order valence-electron chi connectivity index (χ1n) is 8.28. The summed E-state index contributed by atoms with van der Waals surface area (Å²) in [4.78, 5) is 25.1. The minimum Gasteiger partial charge on any atom is -0.319 e. The van der Waals surface area contributed by atoms with Crippen LogP contribution >= 0.6 is 0 Å². The van der Waals surface area contributed by atoms with E-state index in [0.29, 0.717) is 0 Å². The van der Waals surface area contributed by atoms with Crippen LogP contribution in [0.3, 0.4) is 0 Å². The molecule has 1 unspecified atom stereocenters. The van der Waals surface area contributed by atoms with E-state index in [1.54, 1.807) is 19.1 Å². The van der Waals surface area contributed by atoms with E-state index < -0.39 is 4.92 Å². The number of carbonyl (C=O) groups excluding carboxylic acids is 1. The fourth-order valence-electron chi connectivity index (χ4n) is 3.42. The highest BCUT2D eigenvalue weighted by Crippen LogP contribution is 2.34. The fraction of sp³-hybridized carbons (Fsp3) is 0.316. The number of likely N-dealkylation sites (N-methyl/N-ethyl adjacent to an activating group) is 1. The van der Waals surface area contributed by atoms with E-state index in [4.69, 9.17) is 0 Å². The summed E-state index contributed by atoms with van der Waals surface area (Å²) in [5.41, 5.74) is 3.53. The van der Waals surface area contributed by atoms with E-state index in [2.05, 4.69) is 17.4 Å². The third kappa shape index (κ3) is 3.69. The molecule has 1 aliphatic rings. The Hall–Kier alpha value is -2.73. The van der Waals surface area contributed by atoms with Gasteiger partial charge >= 0.3 is 0 Å². The van der Waals surface area contributed by atoms with Crippen molar-refractivity contribution in [3.05, 3.63) is 69.3 Å². The summed E-state index contributed by atoms with van der Waals surface area (Å²) in [5.74, 6) is -0.251. The van der Waals surface area contributed by atoms with E-state index in [1.807, 2.05) is 24.1 Å². The zero-order valence-corrected chi connectivity index (χ0v) is 14.4. The molecule has 0 aliphatic heterocycles. The first-order valence-corrected chi connectivity index (χ1v) is 8.28. The smallest absolute Gasteiger partial charge is 0.293 e. The summed E-state index contributed by atoms with van der Waals surface area (Å²) in [6.45, 7) is 1.97. The van der Waals surface area contributed by atoms with Crippen molar-refractivity contribution < 1.29 is 9.72 Å². The summed E-state index contributed by atoms with van der Waals surface area (Å²) in [6.07, 6.45) is 1.99. The third-order valence-corrected chi connectivity index (χ3v) is 4.65. The summed E-state index contributed by atoms with van der Waals surface area (Å²) in [7, 11) is 1.91. The standard InChI is InChI=1S/C19H21N3O3/c1-13-7-9-16(18(11-13)22(24)25)20-19(23)12-21(2)17-10-8-14-5-3-4-6-15(14)17/h3-7,9,11,17H,8,10,12H2,1-2H3,(H,20,23). The highest BCUT2D eigenvalue weighted by Gasteiger charge is 2.27. The van der Waals surface area contributed by atoms with Crippen LogP contribution in [0.15, 0.2) is 42.5 Å². The van der Waals surface area contributed by atoms with Crippen LogP contribution in [0, 0.1) is 17.0 Å². The van der Waals surface area contributed by atoms with Crippen molar-refractivity contribution in [1.82, 2.24) is 4.90 Å². The van der Waals surface area contributed by atoms with Crippen molar-refractivity contribution in [3.63, 3.8) is 0 Å². The topological polar surface area (TPSA) is 75.5 Å². The average Bonchev–Trinajstić information content (AvgIpc) is 3.00. The summed E-state index contributed by atoms with van der Waals surface area (Å²) >= 11 is 0. The zero-order chi connectivity index (χ0) is 18.0. The van der Waals surface area contributed by atoms with Crippen molar-refractivity contribution >= 4 is 17.3 Å². The SMILES string of the molecule is Cc1ccc(NC(=O)CN(C)C2CCc3ccccc32)c([N+](=O)[O-])c1. The highest BCUT2D eigenvalue weighted by atomic mass is 16.6. The van der Waals surface area contributed by atoms with Gasteiger partial charge in [-0.1, -0.05) is 30.3 Å². The Kier molecular flexibility index (Phi) is 4.81. The van der Waals surface area contributed by atoms with Gasteiger partial charge in [-0.25, -0.2) is 0 Å². The Bertz CT molecular complexity index is 819. The Balaban J connectivity index is 1.69. The van der Waals surface area contributed by atoms with E-state index >= 15 is 0 Å². The molecule has 0 bridgehead atoms. The fourth-order valence-corrected chi connectivity index (χ4v) is 3.42. The maximum absolute atomic E-state index is 12.4. The molecule has 6 heteroatoms. The molecule has 130 valence electrons. The first-order chi connectivity index (χ1) is 12.0. The van der Waals surface area contributed by atoms with Gasteiger partial charge in [0.25, 0.3) is 5.69 Å². The number of nitrogens with zero attached hydrogens (tertiary/aromatic N) is 2. The molecule has 6 nitrogen and oxygen atoms in total. The van der Waals surface area contributed by atoms with Crippen LogP contribution in [0.4, 0.5) is 11.4 Å². The summed E-state index contributed by atoms with van der Waals surface area (Å²) < 4.78 is 0. The molecule has 1 amide bonds. The first kappa shape index (κ1) is 17.1. The van der Waals surface area contributed by atoms with E-state index in [9.17, 15) is 14.9 Å². The van der Waals surface area contributed by atoms with Gasteiger partial charge in [-0.05, 0) is 49.6 Å². The van der Waals surface area contributed by atoms with Crippen molar-refractivity contribution in [2.75, 3.05) is 18.9 Å². The van der Waals surface area contributed by atoms with Gasteiger partial charge in [-0.15, -0.1) is 0 Å². The molecule has 1 aliphatic carbocycles. The zero-order valence-electron chi connectivity index (χ0n) is 14.4. The van der Waals surface area contributed by atoms with Crippen LogP contribution in [-0.4, -0.2) is 29.3 Å². The number of fused-ring (bicyclic) bond motifs is 1. The molecule has 25 heavy (non-hydrogen) atoms. The molecule has 3 rings (SSSR count). The number of carbonyl (C=O) groups is 1. The van der Waals surface area contributed by atoms with Crippen LogP contribution in [0.1, 0.15) is 29.2 Å². The minimum absolute atomic E-state index is 0.0813. The van der Waals surface area contributed by atoms with Gasteiger partial charge < -0.3 is 5.32 Å². The van der Waals surface area contributed by atoms with Gasteiger partial charge in [-0.3, -0.25) is 19.8 Å². The van der Waals surface area contributed by atoms with Gasteiger partial charge in [0.2, 0.25) is 5.91 Å². The maximum Gasteiger partial charge on any atom is 0.293 e. The number of hydrogen-bond acceptors (Lipinski definition) is 4. The lowest BCUT2D eigenvalue weighted by Gasteiger charge is -2.24. The van der Waals surface area contributed by atoms with Gasteiger partial charge in [-0.2, -0.15) is 0 Å². The Morgan fingerprint density at radius 3 is 2.84 bits per heavy atom. The van der Waals surface area contributed by atoms with Crippen LogP contribution < -0.4 is 5.32 Å². The van der Waals surface area contributed by atoms with Gasteiger partial charge in [0.05, 0.1) is 11.5 Å². The second kappa shape index (κ2) is 7.03. The molecule has 0 heterocycles. The molecule has 0 fully saturated rings. The molecular formula is C19H21N3O3. The maximum atomic E-state index is 12.4. The monoisotopic (exact) mass is 339 g/mol. The Morgan fingerprint density at radius 1 is 1.32 bits per heavy atom. The average molecular weight is 339 g/mol. The molecule has 0 spiro atoms. The van der Waals surface area contributed by atoms with Crippen LogP contribution in [0.25, 0.3) is 0 Å². The van der Waals surface area contributed by atoms with Crippen molar-refractivity contribution in [2.45, 2.75) is 25.8 Å². The summed E-state index contributed by atoms with van der Waals surface area (Å²) in [5, 5.41) is 13.8. The van der Waals surface area contributed by atoms with Crippen molar-refractivity contribution in [1.29, 1.82) is 0 Å². The number of nitro benzene ring substituents is 1. The quantitative estimate of drug-likeness (QED) is 0.668. The van der Waals surface area contributed by atoms with E-state index in [-0.39, 0.29) is 29.9 Å². The normalized spacial score (nSPS) is 15.9. The van der Waals surface area contributed by atoms with Gasteiger partial charge in [0.1, 0.15) is 5.69 Å². The lowest BCUT2D eigenvalue weighted by Crippen LogP contribution is -2.32. The Labute approximate surface area is 146 Å². The molecule has 2 aromatic rings. The molecule has 1 N–H and O–H groups in total. The summed E-state index contributed by atoms with van der Waals surface area (Å²) in [6, 6.07) is 13.3. The number of nitrogens with one attached hydrogen (secondary N) is 1. The lowest BCUT2D eigenvalue weighted by atomic mass is 10.1. The van der Waals surface area contributed by atoms with E-state index in [0.717, 1.165) is 18.4 Å². The number of amides is 1. The lowest BCUT2D eigenvalue weighted by molar-refractivity contribution is -0.384. The number of aryl methyl sites for hydroxylation is 2. The van der Waals surface area contributed by atoms with Crippen molar-refractivity contribution in [3.8, 4) is 0 Å². The molecule has 0 saturated carbocycles. The number of nitro groups is 1. The number of rotatable bonds is 5. The van der Waals surface area contributed by atoms with Crippen LogP contribution in [0.5, 0.6) is 0 Å². The Morgan fingerprint density at radius 2 is 2.08 bits per heavy atom. The van der Waals surface area contributed by atoms with Crippen LogP contribution in [0.2, 0.25) is 0 Å². The van der Waals surface area contributed by atoms with Gasteiger partial charge in [0, 0.05) is 12.1 Å². The van der Waals surface area contributed by atoms with Crippen LogP contribution in [-0.2, 0) is 11.2 Å². The second-order valence-electron chi connectivity index (χ2n) is 6.49. The molecule has 0 radical (unpaired) electrons. The predicted molar refractivity (Wildman–Crippen MR) is 96.6 cm³/mol. The van der Waals surface area contributed by atoms with Gasteiger partial charge in [0.15, 0.2) is 0 Å².